The molecule has 25 heavy (non-hydrogen) atoms. The van der Waals surface area contributed by atoms with Gasteiger partial charge in [-0.15, -0.1) is 24.8 Å². The maximum Gasteiger partial charge on any atom is 0.273 e. The smallest absolute Gasteiger partial charge is 0.273 e. The highest BCUT2D eigenvalue weighted by molar-refractivity contribution is 5.92. The molecule has 1 spiro atoms. The Morgan fingerprint density at radius 2 is 2.12 bits per heavy atom. The molecule has 1 aromatic rings. The number of nitrogens with two attached hydrogens (primary N) is 1. The standard InChI is InChI=1S/C15H24N4O4.2ClH/c1-14(19-12(20)10-9-22-11(8-16)18-10)4-7-23-15(13(14)21)2-5-17-6-3-15;;/h9,13,17,21H,2-8,16H2,1H3,(H,19,20);2*1H/t13-,14+;;/m0../s1. The van der Waals surface area contributed by atoms with Crippen LogP contribution in [0.3, 0.4) is 0 Å². The second-order valence-corrected chi connectivity index (χ2v) is 6.52. The van der Waals surface area contributed by atoms with Gasteiger partial charge >= 0.3 is 0 Å². The highest BCUT2D eigenvalue weighted by Crippen LogP contribution is 2.38. The minimum atomic E-state index is -0.782. The lowest BCUT2D eigenvalue weighted by Gasteiger charge is -2.52. The molecular formula is C15H26Cl2N4O4. The zero-order chi connectivity index (χ0) is 16.5. The lowest BCUT2D eigenvalue weighted by Crippen LogP contribution is -2.69. The first kappa shape index (κ1) is 22.1. The largest absolute Gasteiger partial charge is 0.447 e. The second-order valence-electron chi connectivity index (χ2n) is 6.52. The Morgan fingerprint density at radius 1 is 1.44 bits per heavy atom. The quantitative estimate of drug-likeness (QED) is 0.581. The number of oxazole rings is 1. The number of carbonyl (C=O) groups excluding carboxylic acids is 1. The number of amides is 1. The van der Waals surface area contributed by atoms with Gasteiger partial charge in [-0.1, -0.05) is 0 Å². The van der Waals surface area contributed by atoms with Gasteiger partial charge in [-0.25, -0.2) is 4.98 Å². The lowest BCUT2D eigenvalue weighted by molar-refractivity contribution is -0.197. The number of aromatic nitrogens is 1. The van der Waals surface area contributed by atoms with E-state index in [4.69, 9.17) is 14.9 Å². The van der Waals surface area contributed by atoms with Crippen LogP contribution in [0.1, 0.15) is 42.6 Å². The zero-order valence-corrected chi connectivity index (χ0v) is 15.8. The number of hydrogen-bond donors (Lipinski definition) is 4. The third-order valence-corrected chi connectivity index (χ3v) is 4.92. The van der Waals surface area contributed by atoms with E-state index in [0.717, 1.165) is 25.9 Å². The monoisotopic (exact) mass is 396 g/mol. The summed E-state index contributed by atoms with van der Waals surface area (Å²) in [5.74, 6) is -0.0661. The van der Waals surface area contributed by atoms with Crippen molar-refractivity contribution >= 4 is 30.7 Å². The van der Waals surface area contributed by atoms with Crippen LogP contribution in [0.15, 0.2) is 10.7 Å². The van der Waals surface area contributed by atoms with E-state index < -0.39 is 17.2 Å². The second kappa shape index (κ2) is 8.66. The molecule has 0 aliphatic carbocycles. The summed E-state index contributed by atoms with van der Waals surface area (Å²) >= 11 is 0. The maximum atomic E-state index is 12.4. The third-order valence-electron chi connectivity index (χ3n) is 4.92. The van der Waals surface area contributed by atoms with Gasteiger partial charge in [-0.05, 0) is 39.3 Å². The summed E-state index contributed by atoms with van der Waals surface area (Å²) < 4.78 is 11.0. The van der Waals surface area contributed by atoms with Crippen molar-refractivity contribution in [2.45, 2.75) is 50.0 Å². The van der Waals surface area contributed by atoms with Crippen molar-refractivity contribution in [1.82, 2.24) is 15.6 Å². The van der Waals surface area contributed by atoms with Crippen LogP contribution in [0.25, 0.3) is 0 Å². The van der Waals surface area contributed by atoms with Gasteiger partial charge in [0.15, 0.2) is 5.69 Å². The first-order valence-electron chi connectivity index (χ1n) is 7.99. The van der Waals surface area contributed by atoms with Gasteiger partial charge in [-0.2, -0.15) is 0 Å². The van der Waals surface area contributed by atoms with E-state index in [0.29, 0.717) is 18.9 Å². The van der Waals surface area contributed by atoms with Gasteiger partial charge in [0, 0.05) is 6.61 Å². The molecule has 0 aromatic carbocycles. The number of nitrogens with one attached hydrogen (secondary N) is 2. The molecule has 2 atom stereocenters. The minimum Gasteiger partial charge on any atom is -0.447 e. The molecule has 1 amide bonds. The first-order chi connectivity index (χ1) is 11.0. The molecular weight excluding hydrogens is 371 g/mol. The zero-order valence-electron chi connectivity index (χ0n) is 14.1. The first-order valence-corrected chi connectivity index (χ1v) is 7.99. The van der Waals surface area contributed by atoms with E-state index in [1.54, 1.807) is 0 Å². The summed E-state index contributed by atoms with van der Waals surface area (Å²) in [7, 11) is 0. The van der Waals surface area contributed by atoms with E-state index in [1.807, 2.05) is 6.92 Å². The average Bonchev–Trinajstić information content (AvgIpc) is 3.03. The van der Waals surface area contributed by atoms with E-state index >= 15 is 0 Å². The predicted molar refractivity (Wildman–Crippen MR) is 96.2 cm³/mol. The number of rotatable bonds is 3. The summed E-state index contributed by atoms with van der Waals surface area (Å²) in [6.07, 6.45) is 2.49. The van der Waals surface area contributed by atoms with Crippen molar-refractivity contribution < 1.29 is 19.1 Å². The normalized spacial score (nSPS) is 27.9. The molecule has 2 fully saturated rings. The Kier molecular flexibility index (Phi) is 7.67. The van der Waals surface area contributed by atoms with E-state index in [1.165, 1.54) is 6.26 Å². The molecule has 0 unspecified atom stereocenters. The Hall–Kier alpha value is -0.900. The number of hydrogen-bond acceptors (Lipinski definition) is 7. The van der Waals surface area contributed by atoms with Gasteiger partial charge in [0.05, 0.1) is 17.7 Å². The molecule has 3 heterocycles. The summed E-state index contributed by atoms with van der Waals surface area (Å²) in [4.78, 5) is 16.5. The maximum absolute atomic E-state index is 12.4. The summed E-state index contributed by atoms with van der Waals surface area (Å²) in [5, 5.41) is 17.1. The molecule has 8 nitrogen and oxygen atoms in total. The lowest BCUT2D eigenvalue weighted by atomic mass is 9.73. The van der Waals surface area contributed by atoms with Crippen LogP contribution in [-0.2, 0) is 11.3 Å². The van der Waals surface area contributed by atoms with Gasteiger partial charge in [0.25, 0.3) is 5.91 Å². The highest BCUT2D eigenvalue weighted by Gasteiger charge is 2.53. The molecule has 0 saturated carbocycles. The molecule has 144 valence electrons. The van der Waals surface area contributed by atoms with Gasteiger partial charge in [0.1, 0.15) is 12.4 Å². The number of nitrogens with zero attached hydrogens (tertiary/aromatic N) is 1. The molecule has 2 saturated heterocycles. The number of ether oxygens (including phenoxy) is 1. The summed E-state index contributed by atoms with van der Waals surface area (Å²) in [5.41, 5.74) is 4.24. The van der Waals surface area contributed by atoms with Crippen LogP contribution >= 0.6 is 24.8 Å². The molecule has 0 radical (unpaired) electrons. The fourth-order valence-electron chi connectivity index (χ4n) is 3.49. The number of aliphatic hydroxyl groups is 1. The molecule has 5 N–H and O–H groups in total. The van der Waals surface area contributed by atoms with Gasteiger partial charge in [0.2, 0.25) is 5.89 Å². The predicted octanol–water partition coefficient (Wildman–Crippen LogP) is 0.369. The van der Waals surface area contributed by atoms with Crippen LogP contribution < -0.4 is 16.4 Å². The van der Waals surface area contributed by atoms with Crippen LogP contribution in [0, 0.1) is 0 Å². The molecule has 1 aromatic heterocycles. The van der Waals surface area contributed by atoms with Crippen molar-refractivity contribution in [3.63, 3.8) is 0 Å². The Balaban J connectivity index is 0.00000156. The average molecular weight is 397 g/mol. The molecule has 10 heteroatoms. The van der Waals surface area contributed by atoms with Crippen molar-refractivity contribution in [2.24, 2.45) is 5.73 Å². The molecule has 0 bridgehead atoms. The fraction of sp³-hybridized carbons (Fsp3) is 0.733. The Labute approximate surface area is 159 Å². The van der Waals surface area contributed by atoms with Crippen molar-refractivity contribution in [2.75, 3.05) is 19.7 Å². The van der Waals surface area contributed by atoms with E-state index in [-0.39, 0.29) is 43.0 Å². The van der Waals surface area contributed by atoms with Crippen LogP contribution in [0.4, 0.5) is 0 Å². The van der Waals surface area contributed by atoms with E-state index in [2.05, 4.69) is 15.6 Å². The summed E-state index contributed by atoms with van der Waals surface area (Å²) in [6.45, 7) is 4.08. The Bertz CT molecular complexity index is 574. The fourth-order valence-corrected chi connectivity index (χ4v) is 3.49. The SMILES string of the molecule is C[C@@]1(NC(=O)c2coc(CN)n2)CCOC2(CCNCC2)[C@H]1O.Cl.Cl. The van der Waals surface area contributed by atoms with Gasteiger partial charge < -0.3 is 30.6 Å². The highest BCUT2D eigenvalue weighted by atomic mass is 35.5. The topological polar surface area (TPSA) is 123 Å². The number of carbonyl (C=O) groups is 1. The molecule has 2 aliphatic rings. The van der Waals surface area contributed by atoms with Crippen LogP contribution in [-0.4, -0.2) is 52.9 Å². The van der Waals surface area contributed by atoms with E-state index in [9.17, 15) is 9.90 Å². The Morgan fingerprint density at radius 3 is 2.72 bits per heavy atom. The number of piperidine rings is 1. The number of aliphatic hydroxyl groups excluding tert-OH is 1. The summed E-state index contributed by atoms with van der Waals surface area (Å²) in [6, 6.07) is 0. The van der Waals surface area contributed by atoms with Crippen molar-refractivity contribution in [3.05, 3.63) is 17.8 Å². The molecule has 3 rings (SSSR count). The van der Waals surface area contributed by atoms with Crippen molar-refractivity contribution in [3.8, 4) is 0 Å². The number of halogens is 2. The van der Waals surface area contributed by atoms with Gasteiger partial charge in [-0.3, -0.25) is 4.79 Å². The molecule has 2 aliphatic heterocycles. The van der Waals surface area contributed by atoms with Crippen LogP contribution in [0.2, 0.25) is 0 Å². The van der Waals surface area contributed by atoms with Crippen LogP contribution in [0.5, 0.6) is 0 Å². The van der Waals surface area contributed by atoms with Crippen molar-refractivity contribution in [1.29, 1.82) is 0 Å². The minimum absolute atomic E-state index is 0. The third kappa shape index (κ3) is 4.27.